The Labute approximate surface area is 82.6 Å². The van der Waals surface area contributed by atoms with Crippen LogP contribution >= 0.6 is 35.0 Å². The Balaban J connectivity index is 2.25. The van der Waals surface area contributed by atoms with Gasteiger partial charge in [-0.05, 0) is 0 Å². The van der Waals surface area contributed by atoms with Gasteiger partial charge in [0.25, 0.3) is 0 Å². The van der Waals surface area contributed by atoms with Crippen molar-refractivity contribution in [3.05, 3.63) is 0 Å². The van der Waals surface area contributed by atoms with Gasteiger partial charge in [-0.25, -0.2) is 0 Å². The first-order valence-corrected chi connectivity index (χ1v) is 7.42. The summed E-state index contributed by atoms with van der Waals surface area (Å²) in [6.45, 7) is 0. The van der Waals surface area contributed by atoms with Crippen LogP contribution in [-0.4, -0.2) is 38.2 Å². The average molecular weight is 264 g/mol. The van der Waals surface area contributed by atoms with Gasteiger partial charge in [0.2, 0.25) is 0 Å². The number of thioether (sulfide) groups is 1. The van der Waals surface area contributed by atoms with Crippen LogP contribution in [0.4, 0.5) is 0 Å². The van der Waals surface area contributed by atoms with E-state index in [1.54, 1.807) is 0 Å². The molecular formula is C6H10Cl2SSe. The molecule has 10 heavy (non-hydrogen) atoms. The van der Waals surface area contributed by atoms with Crippen molar-refractivity contribution in [1.29, 1.82) is 0 Å². The molecule has 0 aromatic rings. The second kappa shape index (κ2) is 5.16. The van der Waals surface area contributed by atoms with E-state index in [9.17, 15) is 0 Å². The predicted octanol–water partition coefficient (Wildman–Crippen LogP) is 2.49. The third kappa shape index (κ3) is 2.83. The standard InChI is InChI=1S/C6H10Cl2SSe/c7-1-5-3-9-4-6(2-8)10-5/h5-6H,1-4H2. The van der Waals surface area contributed by atoms with Crippen molar-refractivity contribution in [1.82, 2.24) is 0 Å². The summed E-state index contributed by atoms with van der Waals surface area (Å²) in [5.74, 6) is 4.19. The molecule has 1 rings (SSSR count). The van der Waals surface area contributed by atoms with Gasteiger partial charge < -0.3 is 0 Å². The van der Waals surface area contributed by atoms with Crippen molar-refractivity contribution in [2.45, 2.75) is 9.63 Å². The predicted molar refractivity (Wildman–Crippen MR) is 52.0 cm³/mol. The quantitative estimate of drug-likeness (QED) is 0.545. The molecule has 1 aliphatic heterocycles. The summed E-state index contributed by atoms with van der Waals surface area (Å²) in [6.07, 6.45) is 0. The maximum atomic E-state index is 5.76. The fourth-order valence-electron chi connectivity index (χ4n) is 0.843. The van der Waals surface area contributed by atoms with Crippen LogP contribution in [0.15, 0.2) is 0 Å². The van der Waals surface area contributed by atoms with E-state index in [0.29, 0.717) is 15.0 Å². The summed E-state index contributed by atoms with van der Waals surface area (Å²) in [7, 11) is 0. The first-order chi connectivity index (χ1) is 4.86. The molecule has 2 unspecified atom stereocenters. The summed E-state index contributed by atoms with van der Waals surface area (Å²) in [5, 5.41) is 0. The molecule has 2 atom stereocenters. The second-order valence-corrected chi connectivity index (χ2v) is 7.29. The van der Waals surface area contributed by atoms with Crippen LogP contribution in [0.3, 0.4) is 0 Å². The van der Waals surface area contributed by atoms with Crippen molar-refractivity contribution in [2.24, 2.45) is 0 Å². The fourth-order valence-corrected chi connectivity index (χ4v) is 6.78. The van der Waals surface area contributed by atoms with E-state index >= 15 is 0 Å². The van der Waals surface area contributed by atoms with E-state index < -0.39 is 0 Å². The number of alkyl halides is 2. The minimum absolute atomic E-state index is 0.703. The molecule has 0 bridgehead atoms. The molecule has 1 heterocycles. The third-order valence-corrected chi connectivity index (χ3v) is 8.15. The van der Waals surface area contributed by atoms with Crippen LogP contribution < -0.4 is 0 Å². The van der Waals surface area contributed by atoms with E-state index in [4.69, 9.17) is 23.2 Å². The Kier molecular flexibility index (Phi) is 4.92. The molecule has 1 aliphatic rings. The normalized spacial score (nSPS) is 34.2. The Bertz CT molecular complexity index is 91.7. The van der Waals surface area contributed by atoms with Gasteiger partial charge in [-0.3, -0.25) is 0 Å². The maximum absolute atomic E-state index is 5.76. The molecular weight excluding hydrogens is 254 g/mol. The van der Waals surface area contributed by atoms with Crippen molar-refractivity contribution in [3.8, 4) is 0 Å². The monoisotopic (exact) mass is 264 g/mol. The molecule has 4 heteroatoms. The zero-order valence-corrected chi connectivity index (χ0v) is 9.60. The first-order valence-electron chi connectivity index (χ1n) is 3.22. The first kappa shape index (κ1) is 9.54. The van der Waals surface area contributed by atoms with Crippen LogP contribution in [0, 0.1) is 0 Å². The minimum atomic E-state index is 0.703. The van der Waals surface area contributed by atoms with Gasteiger partial charge in [0.1, 0.15) is 0 Å². The van der Waals surface area contributed by atoms with Gasteiger partial charge in [-0.15, -0.1) is 0 Å². The molecule has 0 amide bonds. The van der Waals surface area contributed by atoms with Gasteiger partial charge in [0.15, 0.2) is 0 Å². The fraction of sp³-hybridized carbons (Fsp3) is 1.00. The second-order valence-electron chi connectivity index (χ2n) is 2.23. The Morgan fingerprint density at radius 1 is 1.20 bits per heavy atom. The molecule has 1 saturated heterocycles. The van der Waals surface area contributed by atoms with Gasteiger partial charge in [0, 0.05) is 0 Å². The Morgan fingerprint density at radius 2 is 1.70 bits per heavy atom. The van der Waals surface area contributed by atoms with E-state index in [2.05, 4.69) is 0 Å². The molecule has 0 N–H and O–H groups in total. The van der Waals surface area contributed by atoms with E-state index in [1.807, 2.05) is 11.8 Å². The molecule has 0 aromatic heterocycles. The third-order valence-electron chi connectivity index (χ3n) is 1.34. The van der Waals surface area contributed by atoms with Crippen LogP contribution in [0.5, 0.6) is 0 Å². The summed E-state index contributed by atoms with van der Waals surface area (Å²) in [5.41, 5.74) is 0. The van der Waals surface area contributed by atoms with Gasteiger partial charge in [-0.1, -0.05) is 0 Å². The van der Waals surface area contributed by atoms with Gasteiger partial charge in [-0.2, -0.15) is 0 Å². The number of halogens is 2. The average Bonchev–Trinajstić information content (AvgIpc) is 2.05. The molecule has 0 spiro atoms. The SMILES string of the molecule is ClCC1CSCC(CCl)[Se]1. The Morgan fingerprint density at radius 3 is 2.10 bits per heavy atom. The van der Waals surface area contributed by atoms with E-state index in [0.717, 1.165) is 21.4 Å². The summed E-state index contributed by atoms with van der Waals surface area (Å²) in [6, 6.07) is 0. The van der Waals surface area contributed by atoms with Gasteiger partial charge in [0.05, 0.1) is 0 Å². The van der Waals surface area contributed by atoms with Crippen molar-refractivity contribution in [3.63, 3.8) is 0 Å². The molecule has 60 valence electrons. The molecule has 0 aliphatic carbocycles. The number of hydrogen-bond donors (Lipinski definition) is 0. The van der Waals surface area contributed by atoms with Crippen LogP contribution in [-0.2, 0) is 0 Å². The summed E-state index contributed by atoms with van der Waals surface area (Å²) >= 11 is 14.2. The summed E-state index contributed by atoms with van der Waals surface area (Å²) < 4.78 is 0. The van der Waals surface area contributed by atoms with E-state index in [-0.39, 0.29) is 0 Å². The van der Waals surface area contributed by atoms with Crippen LogP contribution in [0.25, 0.3) is 0 Å². The number of rotatable bonds is 2. The number of hydrogen-bond acceptors (Lipinski definition) is 1. The zero-order valence-electron chi connectivity index (χ0n) is 5.56. The molecule has 0 saturated carbocycles. The van der Waals surface area contributed by atoms with Crippen molar-refractivity contribution >= 4 is 49.9 Å². The zero-order chi connectivity index (χ0) is 7.40. The molecule has 0 aromatic carbocycles. The molecule has 0 nitrogen and oxygen atoms in total. The van der Waals surface area contributed by atoms with Crippen LogP contribution in [0.2, 0.25) is 9.63 Å². The van der Waals surface area contributed by atoms with Crippen LogP contribution in [0.1, 0.15) is 0 Å². The molecule has 0 radical (unpaired) electrons. The van der Waals surface area contributed by atoms with Crippen molar-refractivity contribution in [2.75, 3.05) is 23.3 Å². The molecule has 1 fully saturated rings. The van der Waals surface area contributed by atoms with E-state index in [1.165, 1.54) is 11.5 Å². The van der Waals surface area contributed by atoms with Crippen molar-refractivity contribution < 1.29 is 0 Å². The topological polar surface area (TPSA) is 0 Å². The Hall–Kier alpha value is 1.45. The summed E-state index contributed by atoms with van der Waals surface area (Å²) in [4.78, 5) is 1.55. The van der Waals surface area contributed by atoms with Gasteiger partial charge >= 0.3 is 82.8 Å².